The summed E-state index contributed by atoms with van der Waals surface area (Å²) in [7, 11) is 1.27. The Hall–Kier alpha value is -4.51. The van der Waals surface area contributed by atoms with Gasteiger partial charge in [0, 0.05) is 34.7 Å². The Labute approximate surface area is 209 Å². The standard InChI is InChI=1S/C25H19N3O7S/c1-35-25(32)15-5-9-18(10-6-15)27-22(29)14-21(24(27)31)36-20-11-7-17(8-12-20)26-23(30)16-3-2-4-19(13-16)28(33)34/h2-13,21H,14H2,1H3,(H,26,30). The molecule has 1 fully saturated rings. The fourth-order valence-corrected chi connectivity index (χ4v) is 4.63. The fraction of sp³-hybridized carbons (Fsp3) is 0.120. The number of nitrogens with one attached hydrogen (secondary N) is 1. The minimum absolute atomic E-state index is 0.0214. The van der Waals surface area contributed by atoms with Crippen LogP contribution in [-0.2, 0) is 14.3 Å². The Morgan fingerprint density at radius 3 is 2.36 bits per heavy atom. The highest BCUT2D eigenvalue weighted by atomic mass is 32.2. The van der Waals surface area contributed by atoms with Crippen LogP contribution in [0.3, 0.4) is 0 Å². The molecule has 3 aromatic rings. The molecule has 182 valence electrons. The molecule has 0 aromatic heterocycles. The summed E-state index contributed by atoms with van der Waals surface area (Å²) in [5, 5.41) is 13.0. The summed E-state index contributed by atoms with van der Waals surface area (Å²) in [5.74, 6) is -1.72. The molecule has 1 saturated heterocycles. The lowest BCUT2D eigenvalue weighted by Crippen LogP contribution is -2.31. The van der Waals surface area contributed by atoms with Crippen molar-refractivity contribution in [3.63, 3.8) is 0 Å². The van der Waals surface area contributed by atoms with E-state index in [4.69, 9.17) is 0 Å². The number of methoxy groups -OCH3 is 1. The molecule has 1 heterocycles. The van der Waals surface area contributed by atoms with E-state index in [2.05, 4.69) is 10.1 Å². The number of nitro benzene ring substituents is 1. The second-order valence-corrected chi connectivity index (χ2v) is 8.98. The Balaban J connectivity index is 1.40. The molecule has 1 atom stereocenters. The van der Waals surface area contributed by atoms with E-state index in [-0.39, 0.29) is 29.5 Å². The van der Waals surface area contributed by atoms with Gasteiger partial charge in [0.05, 0.1) is 28.5 Å². The summed E-state index contributed by atoms with van der Waals surface area (Å²) in [5.41, 5.74) is 1.12. The van der Waals surface area contributed by atoms with Crippen LogP contribution >= 0.6 is 11.8 Å². The molecule has 11 heteroatoms. The number of non-ortho nitro benzene ring substituents is 1. The van der Waals surface area contributed by atoms with Gasteiger partial charge >= 0.3 is 5.97 Å². The molecular formula is C25H19N3O7S. The van der Waals surface area contributed by atoms with Gasteiger partial charge in [0.1, 0.15) is 0 Å². The van der Waals surface area contributed by atoms with Gasteiger partial charge in [0.2, 0.25) is 11.8 Å². The van der Waals surface area contributed by atoms with E-state index in [0.717, 1.165) is 9.80 Å². The largest absolute Gasteiger partial charge is 0.465 e. The highest BCUT2D eigenvalue weighted by molar-refractivity contribution is 8.00. The van der Waals surface area contributed by atoms with E-state index < -0.39 is 22.0 Å². The van der Waals surface area contributed by atoms with E-state index in [1.54, 1.807) is 24.3 Å². The Kier molecular flexibility index (Phi) is 7.11. The van der Waals surface area contributed by atoms with Crippen molar-refractivity contribution in [2.45, 2.75) is 16.6 Å². The summed E-state index contributed by atoms with van der Waals surface area (Å²) >= 11 is 1.23. The van der Waals surface area contributed by atoms with E-state index in [0.29, 0.717) is 16.9 Å². The van der Waals surface area contributed by atoms with E-state index in [1.165, 1.54) is 67.4 Å². The van der Waals surface area contributed by atoms with Crippen molar-refractivity contribution >= 4 is 52.5 Å². The van der Waals surface area contributed by atoms with Gasteiger partial charge in [-0.25, -0.2) is 9.69 Å². The molecule has 3 amide bonds. The molecule has 36 heavy (non-hydrogen) atoms. The van der Waals surface area contributed by atoms with Gasteiger partial charge in [-0.3, -0.25) is 24.5 Å². The molecule has 3 aromatic carbocycles. The summed E-state index contributed by atoms with van der Waals surface area (Å²) < 4.78 is 4.66. The number of anilines is 2. The molecule has 0 aliphatic carbocycles. The van der Waals surface area contributed by atoms with Gasteiger partial charge in [-0.1, -0.05) is 6.07 Å². The smallest absolute Gasteiger partial charge is 0.337 e. The average Bonchev–Trinajstić information content (AvgIpc) is 3.17. The zero-order valence-corrected chi connectivity index (χ0v) is 19.7. The van der Waals surface area contributed by atoms with E-state index >= 15 is 0 Å². The maximum absolute atomic E-state index is 12.9. The van der Waals surface area contributed by atoms with Gasteiger partial charge in [-0.05, 0) is 54.6 Å². The first-order chi connectivity index (χ1) is 17.3. The van der Waals surface area contributed by atoms with Gasteiger partial charge in [0.25, 0.3) is 11.6 Å². The highest BCUT2D eigenvalue weighted by Gasteiger charge is 2.40. The predicted molar refractivity (Wildman–Crippen MR) is 132 cm³/mol. The third-order valence-electron chi connectivity index (χ3n) is 5.36. The van der Waals surface area contributed by atoms with Crippen molar-refractivity contribution in [1.29, 1.82) is 0 Å². The van der Waals surface area contributed by atoms with Crippen LogP contribution < -0.4 is 10.2 Å². The third-order valence-corrected chi connectivity index (χ3v) is 6.56. The number of carbonyl (C=O) groups is 4. The number of nitrogens with zero attached hydrogens (tertiary/aromatic N) is 2. The molecule has 4 rings (SSSR count). The van der Waals surface area contributed by atoms with Crippen LogP contribution in [0.4, 0.5) is 17.1 Å². The summed E-state index contributed by atoms with van der Waals surface area (Å²) in [6.45, 7) is 0. The van der Waals surface area contributed by atoms with Gasteiger partial charge in [-0.15, -0.1) is 11.8 Å². The van der Waals surface area contributed by atoms with Crippen LogP contribution in [0.25, 0.3) is 0 Å². The van der Waals surface area contributed by atoms with Crippen molar-refractivity contribution < 1.29 is 28.8 Å². The number of esters is 1. The fourth-order valence-electron chi connectivity index (χ4n) is 3.58. The number of benzene rings is 3. The maximum atomic E-state index is 12.9. The molecule has 1 aliphatic rings. The monoisotopic (exact) mass is 505 g/mol. The maximum Gasteiger partial charge on any atom is 0.337 e. The summed E-state index contributed by atoms with van der Waals surface area (Å²) in [6, 6.07) is 18.1. The predicted octanol–water partition coefficient (Wildman–Crippen LogP) is 4.06. The number of carbonyl (C=O) groups excluding carboxylic acids is 4. The molecular weight excluding hydrogens is 486 g/mol. The summed E-state index contributed by atoms with van der Waals surface area (Å²) in [4.78, 5) is 61.7. The number of hydrogen-bond acceptors (Lipinski definition) is 8. The number of imide groups is 1. The number of nitro groups is 1. The van der Waals surface area contributed by atoms with E-state index in [1.807, 2.05) is 0 Å². The average molecular weight is 506 g/mol. The highest BCUT2D eigenvalue weighted by Crippen LogP contribution is 2.34. The molecule has 0 saturated carbocycles. The topological polar surface area (TPSA) is 136 Å². The van der Waals surface area contributed by atoms with Crippen molar-refractivity contribution in [3.05, 3.63) is 94.0 Å². The Morgan fingerprint density at radius 1 is 1.03 bits per heavy atom. The number of thioether (sulfide) groups is 1. The second kappa shape index (κ2) is 10.4. The van der Waals surface area contributed by atoms with Crippen molar-refractivity contribution in [3.8, 4) is 0 Å². The third kappa shape index (κ3) is 5.26. The minimum Gasteiger partial charge on any atom is -0.465 e. The zero-order valence-electron chi connectivity index (χ0n) is 18.9. The quantitative estimate of drug-likeness (QED) is 0.220. The van der Waals surface area contributed by atoms with Crippen LogP contribution in [0.2, 0.25) is 0 Å². The van der Waals surface area contributed by atoms with Gasteiger partial charge in [0.15, 0.2) is 0 Å². The zero-order chi connectivity index (χ0) is 25.8. The number of rotatable bonds is 7. The Bertz CT molecular complexity index is 1360. The van der Waals surface area contributed by atoms with Crippen molar-refractivity contribution in [2.24, 2.45) is 0 Å². The van der Waals surface area contributed by atoms with Crippen LogP contribution in [0.15, 0.2) is 77.7 Å². The second-order valence-electron chi connectivity index (χ2n) is 7.70. The molecule has 0 spiro atoms. The van der Waals surface area contributed by atoms with Gasteiger partial charge < -0.3 is 10.1 Å². The number of ether oxygens (including phenoxy) is 1. The number of amides is 3. The van der Waals surface area contributed by atoms with Crippen molar-refractivity contribution in [2.75, 3.05) is 17.3 Å². The normalized spacial score (nSPS) is 15.0. The molecule has 0 radical (unpaired) electrons. The van der Waals surface area contributed by atoms with Crippen LogP contribution in [-0.4, -0.2) is 41.0 Å². The first-order valence-electron chi connectivity index (χ1n) is 10.6. The first kappa shape index (κ1) is 24.6. The number of hydrogen-bond donors (Lipinski definition) is 1. The minimum atomic E-state index is -0.622. The lowest BCUT2D eigenvalue weighted by molar-refractivity contribution is -0.384. The van der Waals surface area contributed by atoms with Crippen molar-refractivity contribution in [1.82, 2.24) is 0 Å². The molecule has 10 nitrogen and oxygen atoms in total. The molecule has 1 aliphatic heterocycles. The first-order valence-corrected chi connectivity index (χ1v) is 11.5. The van der Waals surface area contributed by atoms with E-state index in [9.17, 15) is 29.3 Å². The molecule has 1 N–H and O–H groups in total. The molecule has 1 unspecified atom stereocenters. The van der Waals surface area contributed by atoms with Gasteiger partial charge in [-0.2, -0.15) is 0 Å². The molecule has 0 bridgehead atoms. The lowest BCUT2D eigenvalue weighted by Gasteiger charge is -2.15. The lowest BCUT2D eigenvalue weighted by atomic mass is 10.2. The summed E-state index contributed by atoms with van der Waals surface area (Å²) in [6.07, 6.45) is 0.0214. The van der Waals surface area contributed by atoms with Crippen LogP contribution in [0.1, 0.15) is 27.1 Å². The van der Waals surface area contributed by atoms with Crippen LogP contribution in [0.5, 0.6) is 0 Å². The SMILES string of the molecule is COC(=O)c1ccc(N2C(=O)CC(Sc3ccc(NC(=O)c4cccc([N+](=O)[O-])c4)cc3)C2=O)cc1. The van der Waals surface area contributed by atoms with Crippen LogP contribution in [0, 0.1) is 10.1 Å². The Morgan fingerprint density at radius 2 is 1.72 bits per heavy atom.